The van der Waals surface area contributed by atoms with Crippen molar-refractivity contribution in [1.82, 2.24) is 5.32 Å². The van der Waals surface area contributed by atoms with Crippen LogP contribution in [0.15, 0.2) is 0 Å². The van der Waals surface area contributed by atoms with Gasteiger partial charge in [-0.05, 0) is 38.6 Å². The van der Waals surface area contributed by atoms with E-state index in [9.17, 15) is 0 Å². The minimum Gasteiger partial charge on any atom is -0.381 e. The maximum absolute atomic E-state index is 5.41. The second-order valence-electron chi connectivity index (χ2n) is 4.40. The molecule has 1 rings (SSSR count). The Morgan fingerprint density at radius 3 is 2.60 bits per heavy atom. The highest BCUT2D eigenvalue weighted by Crippen LogP contribution is 2.21. The third kappa shape index (κ3) is 4.49. The SMILES string of the molecule is CCNC(CC1CCOCC1)C(C)OC. The fourth-order valence-electron chi connectivity index (χ4n) is 2.21. The van der Waals surface area contributed by atoms with E-state index in [0.29, 0.717) is 12.1 Å². The van der Waals surface area contributed by atoms with E-state index in [0.717, 1.165) is 25.7 Å². The lowest BCUT2D eigenvalue weighted by atomic mass is 9.90. The van der Waals surface area contributed by atoms with E-state index >= 15 is 0 Å². The first kappa shape index (κ1) is 12.9. The van der Waals surface area contributed by atoms with E-state index in [2.05, 4.69) is 19.2 Å². The molecule has 1 N–H and O–H groups in total. The van der Waals surface area contributed by atoms with Crippen molar-refractivity contribution in [2.24, 2.45) is 5.92 Å². The smallest absolute Gasteiger partial charge is 0.0696 e. The van der Waals surface area contributed by atoms with Gasteiger partial charge in [-0.3, -0.25) is 0 Å². The summed E-state index contributed by atoms with van der Waals surface area (Å²) < 4.78 is 10.8. The lowest BCUT2D eigenvalue weighted by Gasteiger charge is -2.30. The van der Waals surface area contributed by atoms with Gasteiger partial charge in [0.05, 0.1) is 6.10 Å². The summed E-state index contributed by atoms with van der Waals surface area (Å²) in [5, 5.41) is 3.51. The van der Waals surface area contributed by atoms with E-state index in [1.807, 2.05) is 0 Å². The lowest BCUT2D eigenvalue weighted by Crippen LogP contribution is -2.41. The lowest BCUT2D eigenvalue weighted by molar-refractivity contribution is 0.0392. The normalized spacial score (nSPS) is 22.6. The van der Waals surface area contributed by atoms with E-state index in [1.165, 1.54) is 19.3 Å². The van der Waals surface area contributed by atoms with E-state index in [1.54, 1.807) is 7.11 Å². The summed E-state index contributed by atoms with van der Waals surface area (Å²) >= 11 is 0. The van der Waals surface area contributed by atoms with Gasteiger partial charge in [0.15, 0.2) is 0 Å². The van der Waals surface area contributed by atoms with Crippen molar-refractivity contribution in [3.8, 4) is 0 Å². The molecule has 90 valence electrons. The predicted octanol–water partition coefficient (Wildman–Crippen LogP) is 1.82. The van der Waals surface area contributed by atoms with Crippen molar-refractivity contribution in [3.05, 3.63) is 0 Å². The Labute approximate surface area is 93.5 Å². The van der Waals surface area contributed by atoms with Crippen LogP contribution in [0.2, 0.25) is 0 Å². The first-order valence-corrected chi connectivity index (χ1v) is 6.11. The molecule has 1 saturated heterocycles. The second-order valence-corrected chi connectivity index (χ2v) is 4.40. The molecule has 0 aliphatic carbocycles. The number of hydrogen-bond acceptors (Lipinski definition) is 3. The average molecular weight is 215 g/mol. The molecule has 0 aromatic heterocycles. The van der Waals surface area contributed by atoms with Gasteiger partial charge in [-0.2, -0.15) is 0 Å². The third-order valence-corrected chi connectivity index (χ3v) is 3.33. The highest BCUT2D eigenvalue weighted by Gasteiger charge is 2.22. The molecule has 2 atom stereocenters. The van der Waals surface area contributed by atoms with Gasteiger partial charge in [-0.1, -0.05) is 6.92 Å². The largest absolute Gasteiger partial charge is 0.381 e. The topological polar surface area (TPSA) is 30.5 Å². The summed E-state index contributed by atoms with van der Waals surface area (Å²) in [6, 6.07) is 0.489. The average Bonchev–Trinajstić information content (AvgIpc) is 2.29. The first-order valence-electron chi connectivity index (χ1n) is 6.11. The molecular weight excluding hydrogens is 190 g/mol. The summed E-state index contributed by atoms with van der Waals surface area (Å²) in [6.45, 7) is 7.18. The van der Waals surface area contributed by atoms with Crippen molar-refractivity contribution in [1.29, 1.82) is 0 Å². The van der Waals surface area contributed by atoms with Crippen LogP contribution in [0.25, 0.3) is 0 Å². The monoisotopic (exact) mass is 215 g/mol. The molecule has 0 saturated carbocycles. The molecule has 0 bridgehead atoms. The van der Waals surface area contributed by atoms with Gasteiger partial charge in [0.25, 0.3) is 0 Å². The van der Waals surface area contributed by atoms with Gasteiger partial charge in [0, 0.05) is 26.4 Å². The Morgan fingerprint density at radius 2 is 2.07 bits per heavy atom. The number of nitrogens with one attached hydrogen (secondary N) is 1. The van der Waals surface area contributed by atoms with Gasteiger partial charge in [0.1, 0.15) is 0 Å². The zero-order valence-corrected chi connectivity index (χ0v) is 10.3. The maximum atomic E-state index is 5.41. The number of likely N-dealkylation sites (N-methyl/N-ethyl adjacent to an activating group) is 1. The Hall–Kier alpha value is -0.120. The van der Waals surface area contributed by atoms with Gasteiger partial charge < -0.3 is 14.8 Å². The van der Waals surface area contributed by atoms with Crippen LogP contribution in [0.1, 0.15) is 33.1 Å². The van der Waals surface area contributed by atoms with Crippen LogP contribution >= 0.6 is 0 Å². The third-order valence-electron chi connectivity index (χ3n) is 3.33. The van der Waals surface area contributed by atoms with Crippen molar-refractivity contribution < 1.29 is 9.47 Å². The van der Waals surface area contributed by atoms with Crippen LogP contribution < -0.4 is 5.32 Å². The Balaban J connectivity index is 2.34. The van der Waals surface area contributed by atoms with Crippen molar-refractivity contribution in [2.75, 3.05) is 26.9 Å². The highest BCUT2D eigenvalue weighted by molar-refractivity contribution is 4.78. The summed E-state index contributed by atoms with van der Waals surface area (Å²) in [5.41, 5.74) is 0. The zero-order chi connectivity index (χ0) is 11.1. The zero-order valence-electron chi connectivity index (χ0n) is 10.3. The minimum absolute atomic E-state index is 0.299. The Bertz CT molecular complexity index is 158. The number of hydrogen-bond donors (Lipinski definition) is 1. The van der Waals surface area contributed by atoms with Gasteiger partial charge in [0.2, 0.25) is 0 Å². The molecular formula is C12H25NO2. The summed E-state index contributed by atoms with van der Waals surface area (Å²) in [7, 11) is 1.79. The van der Waals surface area contributed by atoms with Crippen LogP contribution in [-0.4, -0.2) is 39.0 Å². The van der Waals surface area contributed by atoms with Crippen LogP contribution in [0.3, 0.4) is 0 Å². The molecule has 1 fully saturated rings. The van der Waals surface area contributed by atoms with Crippen LogP contribution in [0.5, 0.6) is 0 Å². The van der Waals surface area contributed by atoms with Crippen LogP contribution in [0, 0.1) is 5.92 Å². The minimum atomic E-state index is 0.299. The number of methoxy groups -OCH3 is 1. The molecule has 3 heteroatoms. The van der Waals surface area contributed by atoms with E-state index in [4.69, 9.17) is 9.47 Å². The Kier molecular flexibility index (Phi) is 6.22. The van der Waals surface area contributed by atoms with Crippen molar-refractivity contribution in [3.63, 3.8) is 0 Å². The standard InChI is InChI=1S/C12H25NO2/c1-4-13-12(10(2)14-3)9-11-5-7-15-8-6-11/h10-13H,4-9H2,1-3H3. The molecule has 1 aliphatic heterocycles. The Morgan fingerprint density at radius 1 is 1.40 bits per heavy atom. The van der Waals surface area contributed by atoms with Crippen LogP contribution in [0.4, 0.5) is 0 Å². The molecule has 0 aromatic rings. The van der Waals surface area contributed by atoms with Crippen molar-refractivity contribution >= 4 is 0 Å². The fraction of sp³-hybridized carbons (Fsp3) is 1.00. The second kappa shape index (κ2) is 7.20. The first-order chi connectivity index (χ1) is 7.27. The molecule has 15 heavy (non-hydrogen) atoms. The molecule has 0 aromatic carbocycles. The molecule has 2 unspecified atom stereocenters. The summed E-state index contributed by atoms with van der Waals surface area (Å²) in [4.78, 5) is 0. The summed E-state index contributed by atoms with van der Waals surface area (Å²) in [6.07, 6.45) is 3.93. The van der Waals surface area contributed by atoms with E-state index in [-0.39, 0.29) is 0 Å². The van der Waals surface area contributed by atoms with Crippen LogP contribution in [-0.2, 0) is 9.47 Å². The summed E-state index contributed by atoms with van der Waals surface area (Å²) in [5.74, 6) is 0.806. The fourth-order valence-corrected chi connectivity index (χ4v) is 2.21. The predicted molar refractivity (Wildman–Crippen MR) is 62.1 cm³/mol. The quantitative estimate of drug-likeness (QED) is 0.733. The number of rotatable bonds is 6. The number of ether oxygens (including phenoxy) is 2. The van der Waals surface area contributed by atoms with Gasteiger partial charge in [-0.25, -0.2) is 0 Å². The molecule has 0 spiro atoms. The molecule has 1 heterocycles. The van der Waals surface area contributed by atoms with Crippen molar-refractivity contribution in [2.45, 2.75) is 45.3 Å². The molecule has 1 aliphatic rings. The molecule has 0 radical (unpaired) electrons. The van der Waals surface area contributed by atoms with Gasteiger partial charge >= 0.3 is 0 Å². The maximum Gasteiger partial charge on any atom is 0.0696 e. The van der Waals surface area contributed by atoms with E-state index < -0.39 is 0 Å². The molecule has 0 amide bonds. The molecule has 3 nitrogen and oxygen atoms in total. The highest BCUT2D eigenvalue weighted by atomic mass is 16.5. The van der Waals surface area contributed by atoms with Gasteiger partial charge in [-0.15, -0.1) is 0 Å².